The van der Waals surface area contributed by atoms with Crippen LogP contribution in [-0.2, 0) is 0 Å². The highest BCUT2D eigenvalue weighted by molar-refractivity contribution is 7.04. The Morgan fingerprint density at radius 2 is 0.780 bits per heavy atom. The third kappa shape index (κ3) is 5.91. The van der Waals surface area contributed by atoms with Gasteiger partial charge in [-0.05, 0) is 82.5 Å². The molecule has 9 aromatic carbocycles. The molecule has 0 bridgehead atoms. The van der Waals surface area contributed by atoms with Crippen LogP contribution < -0.4 is 10.4 Å². The summed E-state index contributed by atoms with van der Waals surface area (Å²) in [5, 5.41) is 7.73. The first-order valence-corrected chi connectivity index (χ1v) is 23.3. The van der Waals surface area contributed by atoms with Crippen molar-refractivity contribution in [1.82, 2.24) is 15.0 Å². The first-order valence-electron chi connectivity index (χ1n) is 20.3. The quantitative estimate of drug-likeness (QED) is 0.158. The van der Waals surface area contributed by atoms with Gasteiger partial charge in [0.15, 0.2) is 17.5 Å². The number of hydrogen-bond acceptors (Lipinski definition) is 3. The zero-order chi connectivity index (χ0) is 39.5. The van der Waals surface area contributed by atoms with Gasteiger partial charge >= 0.3 is 0 Å². The lowest BCUT2D eigenvalue weighted by atomic mass is 9.94. The van der Waals surface area contributed by atoms with Crippen LogP contribution in [0.2, 0.25) is 13.1 Å². The van der Waals surface area contributed by atoms with Crippen LogP contribution in [0.3, 0.4) is 0 Å². The van der Waals surface area contributed by atoms with E-state index in [-0.39, 0.29) is 0 Å². The smallest absolute Gasteiger partial charge is 0.164 e. The minimum atomic E-state index is -2.09. The van der Waals surface area contributed by atoms with Gasteiger partial charge in [0, 0.05) is 16.7 Å². The van der Waals surface area contributed by atoms with Crippen LogP contribution >= 0.6 is 0 Å². The van der Waals surface area contributed by atoms with E-state index in [1.165, 1.54) is 54.2 Å². The average molecular weight is 770 g/mol. The second-order valence-electron chi connectivity index (χ2n) is 16.0. The van der Waals surface area contributed by atoms with Crippen molar-refractivity contribution in [2.75, 3.05) is 0 Å². The first-order chi connectivity index (χ1) is 29.0. The lowest BCUT2D eigenvalue weighted by Gasteiger charge is -2.22. The van der Waals surface area contributed by atoms with Gasteiger partial charge < -0.3 is 0 Å². The maximum Gasteiger partial charge on any atom is 0.164 e. The lowest BCUT2D eigenvalue weighted by molar-refractivity contribution is 1.08. The van der Waals surface area contributed by atoms with E-state index < -0.39 is 8.07 Å². The maximum absolute atomic E-state index is 5.41. The van der Waals surface area contributed by atoms with Gasteiger partial charge in [0.1, 0.15) is 8.07 Å². The highest BCUT2D eigenvalue weighted by atomic mass is 28.3. The molecule has 0 saturated carbocycles. The first kappa shape index (κ1) is 34.9. The molecule has 0 spiro atoms. The van der Waals surface area contributed by atoms with Crippen molar-refractivity contribution in [2.24, 2.45) is 0 Å². The van der Waals surface area contributed by atoms with Crippen LogP contribution in [0.5, 0.6) is 0 Å². The molecule has 1 aliphatic rings. The van der Waals surface area contributed by atoms with Gasteiger partial charge in [-0.15, -0.1) is 0 Å². The molecule has 11 rings (SSSR count). The highest BCUT2D eigenvalue weighted by Crippen LogP contribution is 2.38. The summed E-state index contributed by atoms with van der Waals surface area (Å²) in [5.74, 6) is 2.01. The SMILES string of the molecule is C[Si]1(C)c2ccccc2-c2cccc(-c3nc(-c4cccc(-c5ccc(-c6cccc7ccccc67)cc5)c4)nc(-c4ccccc4-c4cccc5ccccc45)n3)c21. The molecule has 0 radical (unpaired) electrons. The van der Waals surface area contributed by atoms with E-state index in [4.69, 9.17) is 15.0 Å². The van der Waals surface area contributed by atoms with E-state index >= 15 is 0 Å². The predicted octanol–water partition coefficient (Wildman–Crippen LogP) is 13.0. The van der Waals surface area contributed by atoms with Crippen molar-refractivity contribution in [3.05, 3.63) is 200 Å². The maximum atomic E-state index is 5.41. The molecule has 3 nitrogen and oxygen atoms in total. The molecular formula is C55H39N3Si. The van der Waals surface area contributed by atoms with Crippen molar-refractivity contribution in [2.45, 2.75) is 13.1 Å². The Kier molecular flexibility index (Phi) is 8.28. The van der Waals surface area contributed by atoms with Crippen LogP contribution in [0.1, 0.15) is 0 Å². The van der Waals surface area contributed by atoms with Crippen molar-refractivity contribution in [1.29, 1.82) is 0 Å². The number of hydrogen-bond donors (Lipinski definition) is 0. The number of nitrogens with zero attached hydrogens (tertiary/aromatic N) is 3. The Morgan fingerprint density at radius 3 is 1.54 bits per heavy atom. The van der Waals surface area contributed by atoms with Crippen molar-refractivity contribution in [3.63, 3.8) is 0 Å². The molecule has 1 aliphatic heterocycles. The Balaban J connectivity index is 1.08. The molecule has 4 heteroatoms. The lowest BCUT2D eigenvalue weighted by Crippen LogP contribution is -2.50. The van der Waals surface area contributed by atoms with Crippen molar-refractivity contribution in [3.8, 4) is 78.7 Å². The molecular weight excluding hydrogens is 731 g/mol. The van der Waals surface area contributed by atoms with Crippen LogP contribution in [0, 0.1) is 0 Å². The summed E-state index contributed by atoms with van der Waals surface area (Å²) in [6.45, 7) is 4.91. The Labute approximate surface area is 345 Å². The van der Waals surface area contributed by atoms with Crippen LogP contribution in [0.15, 0.2) is 200 Å². The summed E-state index contributed by atoms with van der Waals surface area (Å²) in [5.41, 5.74) is 12.5. The van der Waals surface area contributed by atoms with Gasteiger partial charge in [-0.1, -0.05) is 207 Å². The minimum absolute atomic E-state index is 0.652. The molecule has 10 aromatic rings. The van der Waals surface area contributed by atoms with E-state index in [2.05, 4.69) is 213 Å². The summed E-state index contributed by atoms with van der Waals surface area (Å²) in [6, 6.07) is 71.8. The largest absolute Gasteiger partial charge is 0.208 e. The van der Waals surface area contributed by atoms with Crippen LogP contribution in [0.4, 0.5) is 0 Å². The highest BCUT2D eigenvalue weighted by Gasteiger charge is 2.39. The third-order valence-corrected chi connectivity index (χ3v) is 15.7. The molecule has 0 N–H and O–H groups in total. The third-order valence-electron chi connectivity index (χ3n) is 12.1. The Morgan fingerprint density at radius 1 is 0.305 bits per heavy atom. The number of aromatic nitrogens is 3. The normalized spacial score (nSPS) is 12.7. The van der Waals surface area contributed by atoms with Gasteiger partial charge in [0.25, 0.3) is 0 Å². The molecule has 1 aromatic heterocycles. The summed E-state index contributed by atoms with van der Waals surface area (Å²) >= 11 is 0. The second kappa shape index (κ2) is 14.0. The minimum Gasteiger partial charge on any atom is -0.208 e. The van der Waals surface area contributed by atoms with Gasteiger partial charge in [0.2, 0.25) is 0 Å². The van der Waals surface area contributed by atoms with Crippen LogP contribution in [0.25, 0.3) is 100 Å². The van der Waals surface area contributed by atoms with Gasteiger partial charge in [-0.25, -0.2) is 15.0 Å². The molecule has 0 atom stereocenters. The molecule has 2 heterocycles. The summed E-state index contributed by atoms with van der Waals surface area (Å²) in [4.78, 5) is 16.1. The molecule has 0 aliphatic carbocycles. The fourth-order valence-electron chi connectivity index (χ4n) is 9.31. The molecule has 59 heavy (non-hydrogen) atoms. The topological polar surface area (TPSA) is 38.7 Å². The van der Waals surface area contributed by atoms with E-state index in [1.807, 2.05) is 0 Å². The summed E-state index contributed by atoms with van der Waals surface area (Å²) in [6.07, 6.45) is 0. The molecule has 0 saturated heterocycles. The number of fused-ring (bicyclic) bond motifs is 5. The molecule has 0 amide bonds. The summed E-state index contributed by atoms with van der Waals surface area (Å²) in [7, 11) is -2.09. The number of benzene rings is 9. The van der Waals surface area contributed by atoms with Gasteiger partial charge in [0.05, 0.1) is 0 Å². The Hall–Kier alpha value is -7.27. The zero-order valence-electron chi connectivity index (χ0n) is 32.9. The fourth-order valence-corrected chi connectivity index (χ4v) is 12.7. The average Bonchev–Trinajstić information content (AvgIpc) is 3.54. The van der Waals surface area contributed by atoms with E-state index in [0.29, 0.717) is 17.5 Å². The molecule has 0 fully saturated rings. The van der Waals surface area contributed by atoms with Crippen molar-refractivity contribution < 1.29 is 0 Å². The van der Waals surface area contributed by atoms with E-state index in [0.717, 1.165) is 38.9 Å². The van der Waals surface area contributed by atoms with E-state index in [1.54, 1.807) is 0 Å². The number of rotatable bonds is 6. The molecule has 0 unspecified atom stereocenters. The standard InChI is InChI=1S/C55H39N3Si/c1-59(2)51-30-10-9-24-47(51)48-28-14-29-50(52(48)59)55-57-53(56-54(58-55)49-25-8-7-23-46(49)45-27-13-18-38-16-4-6-22-44(38)45)41-20-11-19-40(35-41)36-31-33-39(34-32-36)43-26-12-17-37-15-3-5-21-42(37)43/h3-35H,1-2H3. The fraction of sp³-hybridized carbons (Fsp3) is 0.0364. The van der Waals surface area contributed by atoms with Crippen molar-refractivity contribution >= 4 is 40.0 Å². The monoisotopic (exact) mass is 769 g/mol. The summed E-state index contributed by atoms with van der Waals surface area (Å²) < 4.78 is 0. The molecule has 278 valence electrons. The van der Waals surface area contributed by atoms with Crippen LogP contribution in [-0.4, -0.2) is 23.0 Å². The Bertz CT molecular complexity index is 3250. The predicted molar refractivity (Wildman–Crippen MR) is 250 cm³/mol. The zero-order valence-corrected chi connectivity index (χ0v) is 33.9. The van der Waals surface area contributed by atoms with E-state index in [9.17, 15) is 0 Å². The second-order valence-corrected chi connectivity index (χ2v) is 20.3. The van der Waals surface area contributed by atoms with Gasteiger partial charge in [-0.3, -0.25) is 0 Å². The van der Waals surface area contributed by atoms with Gasteiger partial charge in [-0.2, -0.15) is 0 Å².